The van der Waals surface area contributed by atoms with Crippen molar-refractivity contribution in [2.24, 2.45) is 0 Å². The number of methoxy groups -OCH3 is 1. The van der Waals surface area contributed by atoms with Crippen molar-refractivity contribution >= 4 is 0 Å². The van der Waals surface area contributed by atoms with E-state index in [1.54, 1.807) is 25.7 Å². The Bertz CT molecular complexity index is 870. The number of ether oxygens (including phenoxy) is 1. The Morgan fingerprint density at radius 3 is 2.88 bits per heavy atom. The van der Waals surface area contributed by atoms with Gasteiger partial charge in [0.25, 0.3) is 0 Å². The second-order valence-corrected chi connectivity index (χ2v) is 5.93. The molecule has 1 aliphatic heterocycles. The molecule has 3 aromatic heterocycles. The number of pyridine rings is 1. The van der Waals surface area contributed by atoms with E-state index >= 15 is 0 Å². The number of aromatic nitrogens is 5. The lowest BCUT2D eigenvalue weighted by Crippen LogP contribution is -2.31. The lowest BCUT2D eigenvalue weighted by atomic mass is 10.1. The first-order valence-electron chi connectivity index (χ1n) is 8.14. The third-order valence-electron chi connectivity index (χ3n) is 4.27. The molecule has 0 radical (unpaired) electrons. The molecule has 4 heterocycles. The van der Waals surface area contributed by atoms with Crippen molar-refractivity contribution in [1.82, 2.24) is 29.8 Å². The highest BCUT2D eigenvalue weighted by molar-refractivity contribution is 5.52. The minimum absolute atomic E-state index is 0.682. The summed E-state index contributed by atoms with van der Waals surface area (Å²) in [6.45, 7) is 2.55. The molecule has 0 N–H and O–H groups in total. The standard InChI is InChI=1S/C18H18N6O/c1-25-18-13(3-2-5-21-18)10-24-6-4-16-15(11-24)9-22-17(23-16)14-7-19-12-20-8-14/h2-3,5,7-9,12H,4,6,10-11H2,1H3. The molecule has 7 heteroatoms. The van der Waals surface area contributed by atoms with Crippen molar-refractivity contribution in [3.63, 3.8) is 0 Å². The van der Waals surface area contributed by atoms with Crippen LogP contribution in [-0.2, 0) is 19.5 Å². The zero-order valence-electron chi connectivity index (χ0n) is 14.0. The largest absolute Gasteiger partial charge is 0.481 e. The number of hydrogen-bond acceptors (Lipinski definition) is 7. The third-order valence-corrected chi connectivity index (χ3v) is 4.27. The molecule has 0 atom stereocenters. The Balaban J connectivity index is 1.52. The Kier molecular flexibility index (Phi) is 4.30. The Morgan fingerprint density at radius 1 is 1.16 bits per heavy atom. The maximum Gasteiger partial charge on any atom is 0.217 e. The summed E-state index contributed by atoms with van der Waals surface area (Å²) < 4.78 is 5.35. The van der Waals surface area contributed by atoms with Crippen molar-refractivity contribution in [3.05, 3.63) is 60.1 Å². The first-order chi connectivity index (χ1) is 12.3. The average molecular weight is 334 g/mol. The SMILES string of the molecule is COc1ncccc1CN1CCc2nc(-c3cncnc3)ncc2C1. The highest BCUT2D eigenvalue weighted by Crippen LogP contribution is 2.23. The van der Waals surface area contributed by atoms with Gasteiger partial charge in [-0.1, -0.05) is 6.07 Å². The van der Waals surface area contributed by atoms with Gasteiger partial charge in [0.05, 0.1) is 18.4 Å². The smallest absolute Gasteiger partial charge is 0.217 e. The summed E-state index contributed by atoms with van der Waals surface area (Å²) in [7, 11) is 1.65. The van der Waals surface area contributed by atoms with Crippen molar-refractivity contribution in [2.75, 3.05) is 13.7 Å². The fourth-order valence-electron chi connectivity index (χ4n) is 3.03. The minimum atomic E-state index is 0.682. The van der Waals surface area contributed by atoms with E-state index in [2.05, 4.69) is 30.9 Å². The molecule has 7 nitrogen and oxygen atoms in total. The van der Waals surface area contributed by atoms with Crippen LogP contribution in [0.5, 0.6) is 5.88 Å². The van der Waals surface area contributed by atoms with Crippen LogP contribution in [0.15, 0.2) is 43.2 Å². The van der Waals surface area contributed by atoms with E-state index in [4.69, 9.17) is 9.72 Å². The van der Waals surface area contributed by atoms with Crippen LogP contribution in [-0.4, -0.2) is 43.5 Å². The molecule has 0 spiro atoms. The minimum Gasteiger partial charge on any atom is -0.481 e. The lowest BCUT2D eigenvalue weighted by molar-refractivity contribution is 0.238. The van der Waals surface area contributed by atoms with Gasteiger partial charge in [-0.25, -0.2) is 24.9 Å². The molecule has 0 amide bonds. The van der Waals surface area contributed by atoms with Gasteiger partial charge < -0.3 is 4.74 Å². The van der Waals surface area contributed by atoms with Crippen LogP contribution in [0.1, 0.15) is 16.8 Å². The van der Waals surface area contributed by atoms with Gasteiger partial charge in [-0.2, -0.15) is 0 Å². The Hall–Kier alpha value is -2.93. The Labute approximate surface area is 145 Å². The van der Waals surface area contributed by atoms with Gasteiger partial charge in [0.15, 0.2) is 5.82 Å². The fourth-order valence-corrected chi connectivity index (χ4v) is 3.03. The molecule has 0 saturated heterocycles. The molecule has 0 fully saturated rings. The summed E-state index contributed by atoms with van der Waals surface area (Å²) in [5.41, 5.74) is 4.19. The third kappa shape index (κ3) is 3.32. The van der Waals surface area contributed by atoms with Crippen LogP contribution < -0.4 is 4.74 Å². The summed E-state index contributed by atoms with van der Waals surface area (Å²) >= 11 is 0. The predicted molar refractivity (Wildman–Crippen MR) is 91.7 cm³/mol. The average Bonchev–Trinajstić information content (AvgIpc) is 2.68. The van der Waals surface area contributed by atoms with Crippen molar-refractivity contribution in [3.8, 4) is 17.3 Å². The molecule has 126 valence electrons. The summed E-state index contributed by atoms with van der Waals surface area (Å²) in [6, 6.07) is 3.99. The topological polar surface area (TPSA) is 76.9 Å². The van der Waals surface area contributed by atoms with Gasteiger partial charge in [-0.3, -0.25) is 4.90 Å². The highest BCUT2D eigenvalue weighted by atomic mass is 16.5. The summed E-state index contributed by atoms with van der Waals surface area (Å²) in [5.74, 6) is 1.37. The molecule has 0 unspecified atom stereocenters. The van der Waals surface area contributed by atoms with E-state index in [-0.39, 0.29) is 0 Å². The van der Waals surface area contributed by atoms with Crippen LogP contribution in [0.4, 0.5) is 0 Å². The number of rotatable bonds is 4. The maximum absolute atomic E-state index is 5.35. The molecule has 0 bridgehead atoms. The van der Waals surface area contributed by atoms with Gasteiger partial charge in [0.1, 0.15) is 6.33 Å². The zero-order chi connectivity index (χ0) is 17.1. The zero-order valence-corrected chi connectivity index (χ0v) is 14.0. The van der Waals surface area contributed by atoms with E-state index in [0.29, 0.717) is 11.7 Å². The quantitative estimate of drug-likeness (QED) is 0.721. The normalized spacial score (nSPS) is 14.1. The summed E-state index contributed by atoms with van der Waals surface area (Å²) in [4.78, 5) is 23.9. The van der Waals surface area contributed by atoms with Crippen LogP contribution in [0.2, 0.25) is 0 Å². The lowest BCUT2D eigenvalue weighted by Gasteiger charge is -2.28. The second-order valence-electron chi connectivity index (χ2n) is 5.93. The van der Waals surface area contributed by atoms with E-state index < -0.39 is 0 Å². The molecular formula is C18H18N6O. The highest BCUT2D eigenvalue weighted by Gasteiger charge is 2.20. The van der Waals surface area contributed by atoms with Gasteiger partial charge in [-0.15, -0.1) is 0 Å². The van der Waals surface area contributed by atoms with Gasteiger partial charge in [0.2, 0.25) is 5.88 Å². The van der Waals surface area contributed by atoms with Crippen molar-refractivity contribution < 1.29 is 4.74 Å². The molecule has 3 aromatic rings. The predicted octanol–water partition coefficient (Wildman–Crippen LogP) is 1.90. The fraction of sp³-hybridized carbons (Fsp3) is 0.278. The number of hydrogen-bond donors (Lipinski definition) is 0. The molecule has 25 heavy (non-hydrogen) atoms. The molecule has 0 aliphatic carbocycles. The molecule has 0 aromatic carbocycles. The van der Waals surface area contributed by atoms with Crippen LogP contribution >= 0.6 is 0 Å². The molecule has 1 aliphatic rings. The first-order valence-corrected chi connectivity index (χ1v) is 8.14. The second kappa shape index (κ2) is 6.90. The van der Waals surface area contributed by atoms with E-state index in [1.807, 2.05) is 12.3 Å². The van der Waals surface area contributed by atoms with Gasteiger partial charge in [0, 0.05) is 62.0 Å². The van der Waals surface area contributed by atoms with E-state index in [0.717, 1.165) is 48.4 Å². The Morgan fingerprint density at radius 2 is 2.04 bits per heavy atom. The summed E-state index contributed by atoms with van der Waals surface area (Å²) in [6.07, 6.45) is 9.53. The molecule has 0 saturated carbocycles. The number of fused-ring (bicyclic) bond motifs is 1. The monoisotopic (exact) mass is 334 g/mol. The molecular weight excluding hydrogens is 316 g/mol. The number of nitrogens with zero attached hydrogens (tertiary/aromatic N) is 6. The van der Waals surface area contributed by atoms with Crippen LogP contribution in [0.25, 0.3) is 11.4 Å². The molecule has 4 rings (SSSR count). The van der Waals surface area contributed by atoms with Gasteiger partial charge >= 0.3 is 0 Å². The summed E-state index contributed by atoms with van der Waals surface area (Å²) in [5, 5.41) is 0. The van der Waals surface area contributed by atoms with Crippen LogP contribution in [0.3, 0.4) is 0 Å². The van der Waals surface area contributed by atoms with Crippen LogP contribution in [0, 0.1) is 0 Å². The van der Waals surface area contributed by atoms with Crippen molar-refractivity contribution in [2.45, 2.75) is 19.5 Å². The van der Waals surface area contributed by atoms with E-state index in [1.165, 1.54) is 6.33 Å². The first kappa shape index (κ1) is 15.6. The van der Waals surface area contributed by atoms with Gasteiger partial charge in [-0.05, 0) is 6.07 Å². The van der Waals surface area contributed by atoms with E-state index in [9.17, 15) is 0 Å². The maximum atomic E-state index is 5.35. The van der Waals surface area contributed by atoms with Crippen molar-refractivity contribution in [1.29, 1.82) is 0 Å².